The Hall–Kier alpha value is -2.47. The zero-order valence-electron chi connectivity index (χ0n) is 11.6. The van der Waals surface area contributed by atoms with Crippen LogP contribution >= 0.6 is 11.6 Å². The number of rotatable bonds is 3. The Morgan fingerprint density at radius 3 is 2.76 bits per heavy atom. The molecular formula is C14H13ClN6. The molecule has 0 aliphatic carbocycles. The summed E-state index contributed by atoms with van der Waals surface area (Å²) in [5, 5.41) is 3.30. The van der Waals surface area contributed by atoms with Gasteiger partial charge in [-0.1, -0.05) is 12.1 Å². The minimum Gasteiger partial charge on any atom is -0.324 e. The van der Waals surface area contributed by atoms with Crippen LogP contribution in [0.4, 0.5) is 11.6 Å². The van der Waals surface area contributed by atoms with E-state index in [1.807, 2.05) is 26.0 Å². The molecule has 0 fully saturated rings. The van der Waals surface area contributed by atoms with Gasteiger partial charge in [0.25, 0.3) is 0 Å². The second-order valence-electron chi connectivity index (χ2n) is 4.64. The van der Waals surface area contributed by atoms with Crippen LogP contribution in [0.25, 0.3) is 5.95 Å². The van der Waals surface area contributed by atoms with Crippen molar-refractivity contribution in [3.8, 4) is 5.95 Å². The van der Waals surface area contributed by atoms with Crippen molar-refractivity contribution < 1.29 is 0 Å². The van der Waals surface area contributed by atoms with E-state index in [1.165, 1.54) is 0 Å². The van der Waals surface area contributed by atoms with E-state index in [2.05, 4.69) is 31.3 Å². The van der Waals surface area contributed by atoms with Crippen molar-refractivity contribution in [2.75, 3.05) is 5.32 Å². The van der Waals surface area contributed by atoms with Crippen LogP contribution in [0.3, 0.4) is 0 Å². The van der Waals surface area contributed by atoms with Gasteiger partial charge in [-0.2, -0.15) is 15.0 Å². The first kappa shape index (κ1) is 13.5. The Labute approximate surface area is 126 Å². The maximum Gasteiger partial charge on any atom is 0.241 e. The second-order valence-corrected chi connectivity index (χ2v) is 4.98. The van der Waals surface area contributed by atoms with E-state index in [4.69, 9.17) is 11.6 Å². The molecule has 0 radical (unpaired) electrons. The molecule has 0 aliphatic rings. The van der Waals surface area contributed by atoms with E-state index in [0.717, 1.165) is 16.8 Å². The Morgan fingerprint density at radius 1 is 1.14 bits per heavy atom. The summed E-state index contributed by atoms with van der Waals surface area (Å²) in [7, 11) is 0. The number of aryl methyl sites for hydroxylation is 2. The number of hydrogen-bond donors (Lipinski definition) is 1. The van der Waals surface area contributed by atoms with E-state index in [1.54, 1.807) is 23.3 Å². The van der Waals surface area contributed by atoms with Gasteiger partial charge in [-0.25, -0.2) is 4.98 Å². The van der Waals surface area contributed by atoms with Crippen LogP contribution in [0.15, 0.2) is 36.9 Å². The summed E-state index contributed by atoms with van der Waals surface area (Å²) >= 11 is 5.97. The molecule has 0 aliphatic heterocycles. The average Bonchev–Trinajstić information content (AvgIpc) is 2.96. The standard InChI is InChI=1S/C14H13ClN6/c1-9-3-4-10(2)11(7-9)17-13-18-12(15)19-14(20-13)21-6-5-16-8-21/h3-8H,1-2H3,(H,17,18,19,20). The van der Waals surface area contributed by atoms with E-state index in [0.29, 0.717) is 11.9 Å². The molecule has 3 aromatic rings. The van der Waals surface area contributed by atoms with Crippen molar-refractivity contribution in [1.29, 1.82) is 0 Å². The van der Waals surface area contributed by atoms with Crippen LogP contribution in [0.2, 0.25) is 5.28 Å². The number of hydrogen-bond acceptors (Lipinski definition) is 5. The molecule has 7 heteroatoms. The van der Waals surface area contributed by atoms with Gasteiger partial charge in [0.05, 0.1) is 0 Å². The third-order valence-electron chi connectivity index (χ3n) is 2.97. The zero-order chi connectivity index (χ0) is 14.8. The van der Waals surface area contributed by atoms with Gasteiger partial charge < -0.3 is 5.32 Å². The van der Waals surface area contributed by atoms with Crippen molar-refractivity contribution in [2.24, 2.45) is 0 Å². The highest BCUT2D eigenvalue weighted by Gasteiger charge is 2.08. The molecule has 21 heavy (non-hydrogen) atoms. The quantitative estimate of drug-likeness (QED) is 0.805. The van der Waals surface area contributed by atoms with Crippen LogP contribution in [-0.4, -0.2) is 24.5 Å². The van der Waals surface area contributed by atoms with Gasteiger partial charge in [0, 0.05) is 18.1 Å². The number of imidazole rings is 1. The molecule has 2 heterocycles. The lowest BCUT2D eigenvalue weighted by Crippen LogP contribution is -2.06. The van der Waals surface area contributed by atoms with Gasteiger partial charge in [-0.15, -0.1) is 0 Å². The van der Waals surface area contributed by atoms with Gasteiger partial charge in [0.15, 0.2) is 0 Å². The summed E-state index contributed by atoms with van der Waals surface area (Å²) in [4.78, 5) is 16.5. The first-order valence-electron chi connectivity index (χ1n) is 6.36. The lowest BCUT2D eigenvalue weighted by molar-refractivity contribution is 0.899. The summed E-state index contributed by atoms with van der Waals surface area (Å²) in [6.07, 6.45) is 5.00. The van der Waals surface area contributed by atoms with Gasteiger partial charge in [-0.3, -0.25) is 4.57 Å². The van der Waals surface area contributed by atoms with E-state index >= 15 is 0 Å². The molecule has 0 bridgehead atoms. The number of nitrogens with zero attached hydrogens (tertiary/aromatic N) is 5. The highest BCUT2D eigenvalue weighted by molar-refractivity contribution is 6.28. The summed E-state index contributed by atoms with van der Waals surface area (Å²) < 4.78 is 1.67. The molecule has 1 aromatic carbocycles. The fourth-order valence-corrected chi connectivity index (χ4v) is 2.04. The molecular weight excluding hydrogens is 288 g/mol. The first-order chi connectivity index (χ1) is 10.1. The maximum absolute atomic E-state index is 5.97. The van der Waals surface area contributed by atoms with Crippen LogP contribution in [-0.2, 0) is 0 Å². The number of anilines is 2. The molecule has 0 atom stereocenters. The van der Waals surface area contributed by atoms with Gasteiger partial charge in [0.2, 0.25) is 17.2 Å². The fraction of sp³-hybridized carbons (Fsp3) is 0.143. The minimum atomic E-state index is 0.126. The van der Waals surface area contributed by atoms with Crippen LogP contribution in [0, 0.1) is 13.8 Å². The molecule has 0 saturated carbocycles. The van der Waals surface area contributed by atoms with Crippen LogP contribution in [0.5, 0.6) is 0 Å². The Kier molecular flexibility index (Phi) is 3.53. The van der Waals surface area contributed by atoms with Crippen molar-refractivity contribution in [3.63, 3.8) is 0 Å². The average molecular weight is 301 g/mol. The Balaban J connectivity index is 1.97. The summed E-state index contributed by atoms with van der Waals surface area (Å²) in [6.45, 7) is 4.04. The summed E-state index contributed by atoms with van der Waals surface area (Å²) in [5.74, 6) is 0.813. The minimum absolute atomic E-state index is 0.126. The summed E-state index contributed by atoms with van der Waals surface area (Å²) in [5.41, 5.74) is 3.19. The smallest absolute Gasteiger partial charge is 0.241 e. The molecule has 0 saturated heterocycles. The normalized spacial score (nSPS) is 10.6. The summed E-state index contributed by atoms with van der Waals surface area (Å²) in [6, 6.07) is 6.12. The third kappa shape index (κ3) is 3.00. The largest absolute Gasteiger partial charge is 0.324 e. The third-order valence-corrected chi connectivity index (χ3v) is 3.14. The maximum atomic E-state index is 5.97. The Morgan fingerprint density at radius 2 is 2.00 bits per heavy atom. The monoisotopic (exact) mass is 300 g/mol. The molecule has 6 nitrogen and oxygen atoms in total. The number of benzene rings is 1. The van der Waals surface area contributed by atoms with Crippen molar-refractivity contribution in [2.45, 2.75) is 13.8 Å². The van der Waals surface area contributed by atoms with E-state index < -0.39 is 0 Å². The molecule has 3 rings (SSSR count). The molecule has 0 spiro atoms. The predicted molar refractivity (Wildman–Crippen MR) is 81.2 cm³/mol. The van der Waals surface area contributed by atoms with Crippen LogP contribution < -0.4 is 5.32 Å². The zero-order valence-corrected chi connectivity index (χ0v) is 12.3. The SMILES string of the molecule is Cc1ccc(C)c(Nc2nc(Cl)nc(-n3ccnc3)n2)c1. The van der Waals surface area contributed by atoms with Crippen molar-refractivity contribution in [3.05, 3.63) is 53.3 Å². The molecule has 106 valence electrons. The van der Waals surface area contributed by atoms with Gasteiger partial charge in [-0.05, 0) is 42.6 Å². The van der Waals surface area contributed by atoms with Crippen molar-refractivity contribution in [1.82, 2.24) is 24.5 Å². The first-order valence-corrected chi connectivity index (χ1v) is 6.74. The number of halogens is 1. The Bertz CT molecular complexity index is 769. The fourth-order valence-electron chi connectivity index (χ4n) is 1.88. The lowest BCUT2D eigenvalue weighted by atomic mass is 10.1. The molecule has 0 unspecified atom stereocenters. The van der Waals surface area contributed by atoms with Gasteiger partial charge in [0.1, 0.15) is 6.33 Å². The molecule has 1 N–H and O–H groups in total. The van der Waals surface area contributed by atoms with E-state index in [9.17, 15) is 0 Å². The second kappa shape index (κ2) is 5.49. The molecule has 0 amide bonds. The van der Waals surface area contributed by atoms with Crippen molar-refractivity contribution >= 4 is 23.2 Å². The lowest BCUT2D eigenvalue weighted by Gasteiger charge is -2.10. The number of aromatic nitrogens is 5. The number of nitrogens with one attached hydrogen (secondary N) is 1. The molecule has 2 aromatic heterocycles. The van der Waals surface area contributed by atoms with E-state index in [-0.39, 0.29) is 5.28 Å². The predicted octanol–water partition coefficient (Wildman–Crippen LogP) is 3.07. The highest BCUT2D eigenvalue weighted by atomic mass is 35.5. The van der Waals surface area contributed by atoms with Gasteiger partial charge >= 0.3 is 0 Å². The highest BCUT2D eigenvalue weighted by Crippen LogP contribution is 2.20. The van der Waals surface area contributed by atoms with Crippen LogP contribution in [0.1, 0.15) is 11.1 Å². The topological polar surface area (TPSA) is 68.5 Å².